The first-order valence-electron chi connectivity index (χ1n) is 4.88. The minimum atomic E-state index is -1.09. The topological polar surface area (TPSA) is 71.6 Å². The Balaban J connectivity index is 2.17. The lowest BCUT2D eigenvalue weighted by Crippen LogP contribution is -2.11. The SMILES string of the molecule is N#Cc1ncn(CC(=O)c2ccc(F)c(F)c2)n1. The molecule has 1 heterocycles. The highest BCUT2D eigenvalue weighted by Crippen LogP contribution is 2.09. The highest BCUT2D eigenvalue weighted by Gasteiger charge is 2.11. The third-order valence-electron chi connectivity index (χ3n) is 2.18. The Kier molecular flexibility index (Phi) is 3.10. The normalized spacial score (nSPS) is 10.1. The third kappa shape index (κ3) is 2.38. The van der Waals surface area contributed by atoms with Crippen LogP contribution in [0.15, 0.2) is 24.5 Å². The molecule has 7 heteroatoms. The van der Waals surface area contributed by atoms with Crippen molar-refractivity contribution in [3.05, 3.63) is 47.5 Å². The molecule has 1 aromatic heterocycles. The van der Waals surface area contributed by atoms with Crippen LogP contribution in [-0.4, -0.2) is 20.5 Å². The van der Waals surface area contributed by atoms with Gasteiger partial charge in [0, 0.05) is 5.56 Å². The van der Waals surface area contributed by atoms with E-state index in [1.807, 2.05) is 0 Å². The number of rotatable bonds is 3. The van der Waals surface area contributed by atoms with E-state index in [2.05, 4.69) is 10.1 Å². The Labute approximate surface area is 100 Å². The molecule has 2 aromatic rings. The van der Waals surface area contributed by atoms with Crippen molar-refractivity contribution in [1.29, 1.82) is 5.26 Å². The average Bonchev–Trinajstić information content (AvgIpc) is 2.80. The monoisotopic (exact) mass is 248 g/mol. The second kappa shape index (κ2) is 4.71. The Hall–Kier alpha value is -2.62. The molecule has 0 aliphatic carbocycles. The summed E-state index contributed by atoms with van der Waals surface area (Å²) in [6.45, 7) is -0.195. The molecule has 0 atom stereocenters. The second-order valence-corrected chi connectivity index (χ2v) is 3.43. The Morgan fingerprint density at radius 3 is 2.78 bits per heavy atom. The quantitative estimate of drug-likeness (QED) is 0.768. The first-order chi connectivity index (χ1) is 8.60. The van der Waals surface area contributed by atoms with Crippen molar-refractivity contribution in [1.82, 2.24) is 14.8 Å². The maximum atomic E-state index is 12.9. The minimum Gasteiger partial charge on any atom is -0.292 e. The highest BCUT2D eigenvalue weighted by molar-refractivity contribution is 5.95. The predicted octanol–water partition coefficient (Wildman–Crippen LogP) is 1.31. The van der Waals surface area contributed by atoms with Crippen LogP contribution in [-0.2, 0) is 6.54 Å². The fraction of sp³-hybridized carbons (Fsp3) is 0.0909. The molecule has 0 aliphatic rings. The number of nitriles is 1. The zero-order valence-electron chi connectivity index (χ0n) is 8.97. The van der Waals surface area contributed by atoms with Crippen molar-refractivity contribution >= 4 is 5.78 Å². The number of hydrogen-bond acceptors (Lipinski definition) is 4. The van der Waals surface area contributed by atoms with Crippen LogP contribution < -0.4 is 0 Å². The standard InChI is InChI=1S/C11H6F2N4O/c12-8-2-1-7(3-9(8)13)10(18)5-17-6-15-11(4-14)16-17/h1-3,6H,5H2. The lowest BCUT2D eigenvalue weighted by molar-refractivity contribution is 0.0967. The molecule has 0 radical (unpaired) electrons. The van der Waals surface area contributed by atoms with E-state index < -0.39 is 17.4 Å². The van der Waals surface area contributed by atoms with Crippen molar-refractivity contribution in [2.24, 2.45) is 0 Å². The third-order valence-corrected chi connectivity index (χ3v) is 2.18. The Morgan fingerprint density at radius 1 is 1.39 bits per heavy atom. The van der Waals surface area contributed by atoms with E-state index in [0.29, 0.717) is 0 Å². The molecular weight excluding hydrogens is 242 g/mol. The number of ketones is 1. The molecule has 90 valence electrons. The van der Waals surface area contributed by atoms with Gasteiger partial charge >= 0.3 is 0 Å². The zero-order valence-corrected chi connectivity index (χ0v) is 8.97. The summed E-state index contributed by atoms with van der Waals surface area (Å²) in [7, 11) is 0. The summed E-state index contributed by atoms with van der Waals surface area (Å²) in [5.41, 5.74) is 0.0305. The summed E-state index contributed by atoms with van der Waals surface area (Å²) in [6, 6.07) is 4.60. The van der Waals surface area contributed by atoms with Crippen LogP contribution in [0.4, 0.5) is 8.78 Å². The van der Waals surface area contributed by atoms with E-state index in [0.717, 1.165) is 16.8 Å². The number of Topliss-reactive ketones (excluding diaryl/α,β-unsaturated/α-hetero) is 1. The molecule has 0 unspecified atom stereocenters. The predicted molar refractivity (Wildman–Crippen MR) is 55.4 cm³/mol. The molecule has 1 aromatic carbocycles. The van der Waals surface area contributed by atoms with Crippen LogP contribution in [0.5, 0.6) is 0 Å². The Morgan fingerprint density at radius 2 is 2.17 bits per heavy atom. The van der Waals surface area contributed by atoms with Crippen LogP contribution in [0.2, 0.25) is 0 Å². The van der Waals surface area contributed by atoms with Crippen LogP contribution >= 0.6 is 0 Å². The van der Waals surface area contributed by atoms with E-state index in [1.54, 1.807) is 6.07 Å². The molecule has 5 nitrogen and oxygen atoms in total. The average molecular weight is 248 g/mol. The molecule has 0 amide bonds. The van der Waals surface area contributed by atoms with E-state index in [-0.39, 0.29) is 17.9 Å². The maximum Gasteiger partial charge on any atom is 0.252 e. The number of benzene rings is 1. The zero-order chi connectivity index (χ0) is 13.1. The van der Waals surface area contributed by atoms with Gasteiger partial charge in [0.25, 0.3) is 5.82 Å². The summed E-state index contributed by atoms with van der Waals surface area (Å²) >= 11 is 0. The van der Waals surface area contributed by atoms with E-state index in [9.17, 15) is 13.6 Å². The number of carbonyl (C=O) groups excluding carboxylic acids is 1. The summed E-state index contributed by atoms with van der Waals surface area (Å²) in [4.78, 5) is 15.3. The van der Waals surface area contributed by atoms with Crippen LogP contribution in [0.1, 0.15) is 16.2 Å². The fourth-order valence-corrected chi connectivity index (χ4v) is 1.33. The van der Waals surface area contributed by atoms with Gasteiger partial charge in [0.05, 0.1) is 0 Å². The largest absolute Gasteiger partial charge is 0.292 e. The van der Waals surface area contributed by atoms with Gasteiger partial charge in [-0.3, -0.25) is 4.79 Å². The number of aromatic nitrogens is 3. The first-order valence-corrected chi connectivity index (χ1v) is 4.88. The summed E-state index contributed by atoms with van der Waals surface area (Å²) in [5, 5.41) is 12.2. The lowest BCUT2D eigenvalue weighted by atomic mass is 10.1. The van der Waals surface area contributed by atoms with Crippen molar-refractivity contribution in [2.75, 3.05) is 0 Å². The fourth-order valence-electron chi connectivity index (χ4n) is 1.33. The molecular formula is C11H6F2N4O. The van der Waals surface area contributed by atoms with E-state index in [4.69, 9.17) is 5.26 Å². The van der Waals surface area contributed by atoms with Gasteiger partial charge in [-0.2, -0.15) is 5.26 Å². The van der Waals surface area contributed by atoms with Gasteiger partial charge in [0.2, 0.25) is 0 Å². The van der Waals surface area contributed by atoms with Gasteiger partial charge in [-0.15, -0.1) is 5.10 Å². The molecule has 18 heavy (non-hydrogen) atoms. The summed E-state index contributed by atoms with van der Waals surface area (Å²) in [5.74, 6) is -2.62. The first kappa shape index (κ1) is 11.9. The molecule has 2 rings (SSSR count). The highest BCUT2D eigenvalue weighted by atomic mass is 19.2. The molecule has 0 spiro atoms. The van der Waals surface area contributed by atoms with Crippen LogP contribution in [0.25, 0.3) is 0 Å². The van der Waals surface area contributed by atoms with Crippen LogP contribution in [0.3, 0.4) is 0 Å². The van der Waals surface area contributed by atoms with Gasteiger partial charge in [0.15, 0.2) is 17.4 Å². The van der Waals surface area contributed by atoms with Crippen molar-refractivity contribution in [3.63, 3.8) is 0 Å². The molecule has 0 saturated heterocycles. The number of hydrogen-bond donors (Lipinski definition) is 0. The lowest BCUT2D eigenvalue weighted by Gasteiger charge is -2.01. The van der Waals surface area contributed by atoms with Crippen molar-refractivity contribution in [2.45, 2.75) is 6.54 Å². The van der Waals surface area contributed by atoms with Gasteiger partial charge in [-0.1, -0.05) is 0 Å². The number of carbonyl (C=O) groups is 1. The summed E-state index contributed by atoms with van der Waals surface area (Å²) < 4.78 is 26.8. The number of halogens is 2. The van der Waals surface area contributed by atoms with Crippen LogP contribution in [0, 0.1) is 23.0 Å². The van der Waals surface area contributed by atoms with Crippen molar-refractivity contribution < 1.29 is 13.6 Å². The molecule has 0 N–H and O–H groups in total. The van der Waals surface area contributed by atoms with Gasteiger partial charge in [-0.25, -0.2) is 18.4 Å². The minimum absolute atomic E-state index is 0.0305. The summed E-state index contributed by atoms with van der Waals surface area (Å²) in [6.07, 6.45) is 1.22. The van der Waals surface area contributed by atoms with Gasteiger partial charge in [0.1, 0.15) is 18.9 Å². The molecule has 0 aliphatic heterocycles. The maximum absolute atomic E-state index is 12.9. The van der Waals surface area contributed by atoms with Gasteiger partial charge < -0.3 is 0 Å². The van der Waals surface area contributed by atoms with Gasteiger partial charge in [-0.05, 0) is 18.2 Å². The molecule has 0 saturated carbocycles. The van der Waals surface area contributed by atoms with E-state index >= 15 is 0 Å². The smallest absolute Gasteiger partial charge is 0.252 e. The van der Waals surface area contributed by atoms with E-state index in [1.165, 1.54) is 12.4 Å². The molecule has 0 bridgehead atoms. The number of nitrogens with zero attached hydrogens (tertiary/aromatic N) is 4. The Bertz CT molecular complexity index is 645. The second-order valence-electron chi connectivity index (χ2n) is 3.43. The molecule has 0 fully saturated rings. The van der Waals surface area contributed by atoms with Crippen molar-refractivity contribution in [3.8, 4) is 6.07 Å².